The van der Waals surface area contributed by atoms with E-state index in [-0.39, 0.29) is 18.1 Å². The molecule has 1 unspecified atom stereocenters. The van der Waals surface area contributed by atoms with E-state index in [0.717, 1.165) is 29.7 Å². The number of amides is 1. The quantitative estimate of drug-likeness (QED) is 0.668. The number of carbonyl (C=O) groups excluding carboxylic acids is 3. The molecule has 6 heteroatoms. The summed E-state index contributed by atoms with van der Waals surface area (Å²) in [5, 5.41) is 3.23. The number of fused-ring (bicyclic) bond motifs is 1. The van der Waals surface area contributed by atoms with Crippen LogP contribution in [0.5, 0.6) is 0 Å². The molecular formula is C16H21NO4S. The number of hydrogen-bond donors (Lipinski definition) is 1. The summed E-state index contributed by atoms with van der Waals surface area (Å²) in [4.78, 5) is 36.3. The smallest absolute Gasteiger partial charge is 0.341 e. The third kappa shape index (κ3) is 3.74. The Labute approximate surface area is 134 Å². The second kappa shape index (κ2) is 7.05. The third-order valence-corrected chi connectivity index (χ3v) is 4.82. The van der Waals surface area contributed by atoms with Crippen molar-refractivity contribution < 1.29 is 19.1 Å². The van der Waals surface area contributed by atoms with E-state index < -0.39 is 5.97 Å². The van der Waals surface area contributed by atoms with Gasteiger partial charge in [-0.2, -0.15) is 0 Å². The van der Waals surface area contributed by atoms with Crippen LogP contribution in [0.3, 0.4) is 0 Å². The van der Waals surface area contributed by atoms with E-state index in [1.54, 1.807) is 6.92 Å². The van der Waals surface area contributed by atoms with Crippen LogP contribution >= 0.6 is 11.3 Å². The molecule has 1 aliphatic rings. The molecule has 1 atom stereocenters. The van der Waals surface area contributed by atoms with Gasteiger partial charge < -0.3 is 10.1 Å². The monoisotopic (exact) mass is 323 g/mol. The number of ether oxygens (including phenoxy) is 1. The Bertz CT molecular complexity index is 606. The van der Waals surface area contributed by atoms with E-state index in [1.807, 2.05) is 0 Å². The normalized spacial score (nSPS) is 16.8. The number of anilines is 1. The summed E-state index contributed by atoms with van der Waals surface area (Å²) in [5.74, 6) is -0.413. The minimum Gasteiger partial charge on any atom is -0.462 e. The van der Waals surface area contributed by atoms with Crippen molar-refractivity contribution in [1.82, 2.24) is 0 Å². The average Bonchev–Trinajstić information content (AvgIpc) is 2.74. The molecule has 22 heavy (non-hydrogen) atoms. The van der Waals surface area contributed by atoms with Gasteiger partial charge in [0.15, 0.2) is 0 Å². The van der Waals surface area contributed by atoms with Crippen LogP contribution in [0.2, 0.25) is 0 Å². The molecule has 1 aromatic heterocycles. The first-order chi connectivity index (χ1) is 10.4. The first-order valence-corrected chi connectivity index (χ1v) is 8.35. The van der Waals surface area contributed by atoms with Gasteiger partial charge in [0.25, 0.3) is 0 Å². The lowest BCUT2D eigenvalue weighted by molar-refractivity contribution is -0.124. The highest BCUT2D eigenvalue weighted by Gasteiger charge is 2.29. The number of carbonyl (C=O) groups is 3. The molecule has 0 aromatic carbocycles. The van der Waals surface area contributed by atoms with Crippen molar-refractivity contribution in [1.29, 1.82) is 0 Å². The lowest BCUT2D eigenvalue weighted by Gasteiger charge is -2.18. The molecule has 5 nitrogen and oxygen atoms in total. The van der Waals surface area contributed by atoms with Gasteiger partial charge in [0.2, 0.25) is 5.91 Å². The highest BCUT2D eigenvalue weighted by Crippen LogP contribution is 2.40. The Morgan fingerprint density at radius 3 is 2.73 bits per heavy atom. The first-order valence-electron chi connectivity index (χ1n) is 7.53. The summed E-state index contributed by atoms with van der Waals surface area (Å²) < 4.78 is 5.13. The van der Waals surface area contributed by atoms with Crippen molar-refractivity contribution in [2.75, 3.05) is 11.9 Å². The zero-order valence-corrected chi connectivity index (χ0v) is 14.0. The molecule has 120 valence electrons. The van der Waals surface area contributed by atoms with E-state index in [9.17, 15) is 14.4 Å². The summed E-state index contributed by atoms with van der Waals surface area (Å²) in [7, 11) is 0. The molecule has 2 rings (SSSR count). The highest BCUT2D eigenvalue weighted by molar-refractivity contribution is 7.17. The number of thiophene rings is 1. The minimum atomic E-state index is -0.396. The molecular weight excluding hydrogens is 302 g/mol. The standard InChI is InChI=1S/C16H21NO4S/c1-4-21-16(20)14-11-6-5-9(2)7-12(11)22-15(14)17-13(19)8-10(3)18/h9H,4-8H2,1-3H3,(H,17,19). The van der Waals surface area contributed by atoms with Crippen molar-refractivity contribution in [3.8, 4) is 0 Å². The molecule has 0 aliphatic heterocycles. The van der Waals surface area contributed by atoms with Gasteiger partial charge in [0, 0.05) is 4.88 Å². The lowest BCUT2D eigenvalue weighted by Crippen LogP contribution is -2.17. The summed E-state index contributed by atoms with van der Waals surface area (Å²) in [6.07, 6.45) is 2.58. The number of rotatable bonds is 5. The fourth-order valence-corrected chi connectivity index (χ4v) is 4.07. The maximum atomic E-state index is 12.3. The molecule has 1 N–H and O–H groups in total. The van der Waals surface area contributed by atoms with Crippen LogP contribution in [0, 0.1) is 5.92 Å². The number of esters is 1. The van der Waals surface area contributed by atoms with Gasteiger partial charge in [0.1, 0.15) is 10.8 Å². The molecule has 1 heterocycles. The molecule has 0 saturated heterocycles. The molecule has 0 spiro atoms. The van der Waals surface area contributed by atoms with Crippen LogP contribution in [0.4, 0.5) is 5.00 Å². The number of hydrogen-bond acceptors (Lipinski definition) is 5. The Balaban J connectivity index is 2.33. The van der Waals surface area contributed by atoms with E-state index in [1.165, 1.54) is 18.3 Å². The zero-order valence-electron chi connectivity index (χ0n) is 13.2. The second-order valence-electron chi connectivity index (χ2n) is 5.70. The Morgan fingerprint density at radius 1 is 1.36 bits per heavy atom. The Morgan fingerprint density at radius 2 is 2.09 bits per heavy atom. The van der Waals surface area contributed by atoms with Crippen LogP contribution < -0.4 is 5.32 Å². The van der Waals surface area contributed by atoms with Crippen molar-refractivity contribution in [2.24, 2.45) is 5.92 Å². The number of ketones is 1. The van der Waals surface area contributed by atoms with Crippen molar-refractivity contribution in [2.45, 2.75) is 46.5 Å². The minimum absolute atomic E-state index is 0.179. The van der Waals surface area contributed by atoms with Gasteiger partial charge in [0.05, 0.1) is 18.6 Å². The molecule has 0 radical (unpaired) electrons. The van der Waals surface area contributed by atoms with Crippen LogP contribution in [0.15, 0.2) is 0 Å². The molecule has 1 amide bonds. The molecule has 1 aliphatic carbocycles. The second-order valence-corrected chi connectivity index (χ2v) is 6.81. The van der Waals surface area contributed by atoms with E-state index in [2.05, 4.69) is 12.2 Å². The van der Waals surface area contributed by atoms with Crippen molar-refractivity contribution in [3.05, 3.63) is 16.0 Å². The van der Waals surface area contributed by atoms with Crippen LogP contribution in [-0.2, 0) is 27.2 Å². The van der Waals surface area contributed by atoms with Crippen LogP contribution in [0.25, 0.3) is 0 Å². The number of nitrogens with one attached hydrogen (secondary N) is 1. The van der Waals surface area contributed by atoms with E-state index >= 15 is 0 Å². The summed E-state index contributed by atoms with van der Waals surface area (Å²) in [6.45, 7) is 5.60. The predicted octanol–water partition coefficient (Wildman–Crippen LogP) is 2.97. The summed E-state index contributed by atoms with van der Waals surface area (Å²) in [6, 6.07) is 0. The largest absolute Gasteiger partial charge is 0.462 e. The first kappa shape index (κ1) is 16.7. The van der Waals surface area contributed by atoms with Crippen molar-refractivity contribution >= 4 is 34.0 Å². The fourth-order valence-electron chi connectivity index (χ4n) is 2.65. The maximum absolute atomic E-state index is 12.3. The highest BCUT2D eigenvalue weighted by atomic mass is 32.1. The Hall–Kier alpha value is -1.69. The van der Waals surface area contributed by atoms with E-state index in [0.29, 0.717) is 23.1 Å². The van der Waals surface area contributed by atoms with Gasteiger partial charge in [-0.3, -0.25) is 9.59 Å². The van der Waals surface area contributed by atoms with Gasteiger partial charge >= 0.3 is 5.97 Å². The van der Waals surface area contributed by atoms with Crippen molar-refractivity contribution in [3.63, 3.8) is 0 Å². The summed E-state index contributed by atoms with van der Waals surface area (Å²) in [5.41, 5.74) is 1.48. The molecule has 0 bridgehead atoms. The van der Waals surface area contributed by atoms with Gasteiger partial charge in [-0.25, -0.2) is 4.79 Å². The third-order valence-electron chi connectivity index (χ3n) is 3.65. The lowest BCUT2D eigenvalue weighted by atomic mass is 9.88. The summed E-state index contributed by atoms with van der Waals surface area (Å²) >= 11 is 1.43. The maximum Gasteiger partial charge on any atom is 0.341 e. The Kier molecular flexibility index (Phi) is 5.34. The SMILES string of the molecule is CCOC(=O)c1c(NC(=O)CC(C)=O)sc2c1CCC(C)C2. The van der Waals surface area contributed by atoms with Crippen LogP contribution in [0.1, 0.15) is 54.4 Å². The van der Waals surface area contributed by atoms with Gasteiger partial charge in [-0.15, -0.1) is 11.3 Å². The molecule has 0 fully saturated rings. The average molecular weight is 323 g/mol. The predicted molar refractivity (Wildman–Crippen MR) is 85.4 cm³/mol. The number of Topliss-reactive ketones (excluding diaryl/α,β-unsaturated/α-hetero) is 1. The van der Waals surface area contributed by atoms with Gasteiger partial charge in [-0.05, 0) is 44.6 Å². The zero-order chi connectivity index (χ0) is 16.3. The molecule has 1 aromatic rings. The molecule has 0 saturated carbocycles. The topological polar surface area (TPSA) is 72.5 Å². The fraction of sp³-hybridized carbons (Fsp3) is 0.562. The van der Waals surface area contributed by atoms with Crippen LogP contribution in [-0.4, -0.2) is 24.3 Å². The van der Waals surface area contributed by atoms with E-state index in [4.69, 9.17) is 4.74 Å². The van der Waals surface area contributed by atoms with Gasteiger partial charge in [-0.1, -0.05) is 6.92 Å².